The fraction of sp³-hybridized carbons (Fsp3) is 0.611. The summed E-state index contributed by atoms with van der Waals surface area (Å²) in [5.74, 6) is 1.67. The molecule has 1 N–H and O–H groups in total. The van der Waals surface area contributed by atoms with E-state index in [1.165, 1.54) is 5.00 Å². The predicted octanol–water partition coefficient (Wildman–Crippen LogP) is 2.44. The Balaban J connectivity index is 0.00000261. The summed E-state index contributed by atoms with van der Waals surface area (Å²) < 4.78 is 23.3. The number of aliphatic imine (C=N–C) groups is 1. The summed E-state index contributed by atoms with van der Waals surface area (Å²) in [6, 6.07) is 4.25. The normalized spacial score (nSPS) is 22.4. The molecule has 6 nitrogen and oxygen atoms in total. The lowest BCUT2D eigenvalue weighted by molar-refractivity contribution is 0.369. The predicted molar refractivity (Wildman–Crippen MR) is 125 cm³/mol. The Labute approximate surface area is 183 Å². The van der Waals surface area contributed by atoms with Crippen LogP contribution in [0.5, 0.6) is 0 Å². The maximum Gasteiger partial charge on any atom is 0.194 e. The van der Waals surface area contributed by atoms with Crippen LogP contribution in [0.25, 0.3) is 0 Å². The lowest BCUT2D eigenvalue weighted by atomic mass is 10.1. The molecule has 0 aromatic carbocycles. The zero-order valence-electron chi connectivity index (χ0n) is 15.8. The lowest BCUT2D eigenvalue weighted by Gasteiger charge is -2.37. The van der Waals surface area contributed by atoms with E-state index >= 15 is 0 Å². The number of rotatable bonds is 5. The van der Waals surface area contributed by atoms with Crippen molar-refractivity contribution in [3.05, 3.63) is 29.7 Å². The van der Waals surface area contributed by atoms with Crippen molar-refractivity contribution in [3.63, 3.8) is 0 Å². The number of nitrogens with zero attached hydrogens (tertiary/aromatic N) is 3. The first-order valence-electron chi connectivity index (χ1n) is 9.09. The van der Waals surface area contributed by atoms with Gasteiger partial charge in [0, 0.05) is 32.7 Å². The third kappa shape index (κ3) is 6.63. The molecule has 1 unspecified atom stereocenters. The van der Waals surface area contributed by atoms with Crippen molar-refractivity contribution in [2.24, 2.45) is 10.9 Å². The van der Waals surface area contributed by atoms with E-state index in [2.05, 4.69) is 39.2 Å². The molecule has 3 heterocycles. The van der Waals surface area contributed by atoms with E-state index in [0.29, 0.717) is 24.6 Å². The van der Waals surface area contributed by atoms with Crippen LogP contribution in [0.2, 0.25) is 0 Å². The minimum atomic E-state index is -2.84. The second-order valence-electron chi connectivity index (χ2n) is 7.17. The van der Waals surface area contributed by atoms with Crippen LogP contribution in [0.1, 0.15) is 13.3 Å². The molecule has 0 amide bonds. The number of thiophene rings is 1. The molecule has 1 aromatic heterocycles. The Morgan fingerprint density at radius 1 is 1.37 bits per heavy atom. The van der Waals surface area contributed by atoms with Gasteiger partial charge >= 0.3 is 0 Å². The molecular weight excluding hydrogens is 495 g/mol. The maximum absolute atomic E-state index is 11.7. The van der Waals surface area contributed by atoms with Crippen molar-refractivity contribution in [1.29, 1.82) is 0 Å². The van der Waals surface area contributed by atoms with Gasteiger partial charge < -0.3 is 15.1 Å². The van der Waals surface area contributed by atoms with Gasteiger partial charge in [-0.15, -0.1) is 35.3 Å². The molecule has 1 aromatic rings. The number of sulfone groups is 1. The zero-order valence-corrected chi connectivity index (χ0v) is 19.7. The summed E-state index contributed by atoms with van der Waals surface area (Å²) >= 11 is 1.77. The SMILES string of the molecule is C=C(C)CN=C(NCC1CCS(=O)(=O)C1)N1CCN(c2cccs2)CC1.I. The zero-order chi connectivity index (χ0) is 18.6. The highest BCUT2D eigenvalue weighted by atomic mass is 127. The Kier molecular flexibility index (Phi) is 8.41. The van der Waals surface area contributed by atoms with Crippen LogP contribution in [0.15, 0.2) is 34.7 Å². The molecule has 27 heavy (non-hydrogen) atoms. The van der Waals surface area contributed by atoms with Gasteiger partial charge in [0.25, 0.3) is 0 Å². The van der Waals surface area contributed by atoms with E-state index in [4.69, 9.17) is 4.99 Å². The molecule has 152 valence electrons. The number of hydrogen-bond donors (Lipinski definition) is 1. The van der Waals surface area contributed by atoms with Crippen LogP contribution in [0.4, 0.5) is 5.00 Å². The van der Waals surface area contributed by atoms with Gasteiger partial charge in [-0.05, 0) is 36.8 Å². The molecule has 0 saturated carbocycles. The molecule has 0 radical (unpaired) electrons. The van der Waals surface area contributed by atoms with E-state index < -0.39 is 9.84 Å². The molecular formula is C18H29IN4O2S2. The van der Waals surface area contributed by atoms with Crippen LogP contribution in [-0.4, -0.2) is 70.1 Å². The molecule has 2 aliphatic heterocycles. The Morgan fingerprint density at radius 3 is 2.67 bits per heavy atom. The van der Waals surface area contributed by atoms with Gasteiger partial charge in [-0.3, -0.25) is 0 Å². The summed E-state index contributed by atoms with van der Waals surface area (Å²) in [4.78, 5) is 9.38. The lowest BCUT2D eigenvalue weighted by Crippen LogP contribution is -2.53. The Bertz CT molecular complexity index is 741. The van der Waals surface area contributed by atoms with Crippen LogP contribution in [0, 0.1) is 5.92 Å². The molecule has 0 spiro atoms. The summed E-state index contributed by atoms with van der Waals surface area (Å²) in [7, 11) is -2.84. The van der Waals surface area contributed by atoms with Crippen LogP contribution >= 0.6 is 35.3 Å². The smallest absolute Gasteiger partial charge is 0.194 e. The first kappa shape index (κ1) is 22.5. The molecule has 3 rings (SSSR count). The summed E-state index contributed by atoms with van der Waals surface area (Å²) in [5, 5.41) is 6.85. The molecule has 1 atom stereocenters. The van der Waals surface area contributed by atoms with Crippen LogP contribution in [0.3, 0.4) is 0 Å². The van der Waals surface area contributed by atoms with Crippen molar-refractivity contribution < 1.29 is 8.42 Å². The highest BCUT2D eigenvalue weighted by Crippen LogP contribution is 2.22. The summed E-state index contributed by atoms with van der Waals surface area (Å²) in [6.45, 7) is 10.9. The average molecular weight is 524 g/mol. The van der Waals surface area contributed by atoms with Gasteiger partial charge in [-0.25, -0.2) is 13.4 Å². The number of hydrogen-bond acceptors (Lipinski definition) is 5. The maximum atomic E-state index is 11.7. The second kappa shape index (κ2) is 10.1. The van der Waals surface area contributed by atoms with E-state index in [9.17, 15) is 8.42 Å². The van der Waals surface area contributed by atoms with Crippen LogP contribution in [-0.2, 0) is 9.84 Å². The van der Waals surface area contributed by atoms with Gasteiger partial charge in [0.05, 0.1) is 23.1 Å². The highest BCUT2D eigenvalue weighted by molar-refractivity contribution is 14.0. The number of piperazine rings is 1. The van der Waals surface area contributed by atoms with Crippen molar-refractivity contribution >= 4 is 56.1 Å². The largest absolute Gasteiger partial charge is 0.360 e. The van der Waals surface area contributed by atoms with Crippen molar-refractivity contribution in [2.75, 3.05) is 55.7 Å². The fourth-order valence-electron chi connectivity index (χ4n) is 3.33. The first-order chi connectivity index (χ1) is 12.4. The highest BCUT2D eigenvalue weighted by Gasteiger charge is 2.28. The summed E-state index contributed by atoms with van der Waals surface area (Å²) in [6.07, 6.45) is 0.745. The number of guanidine groups is 1. The van der Waals surface area contributed by atoms with E-state index in [0.717, 1.165) is 44.1 Å². The van der Waals surface area contributed by atoms with E-state index in [1.54, 1.807) is 11.3 Å². The number of anilines is 1. The van der Waals surface area contributed by atoms with Gasteiger partial charge in [0.15, 0.2) is 15.8 Å². The van der Waals surface area contributed by atoms with Crippen molar-refractivity contribution in [2.45, 2.75) is 13.3 Å². The van der Waals surface area contributed by atoms with Crippen molar-refractivity contribution in [3.8, 4) is 0 Å². The van der Waals surface area contributed by atoms with Gasteiger partial charge in [-0.2, -0.15) is 0 Å². The minimum absolute atomic E-state index is 0. The third-order valence-electron chi connectivity index (χ3n) is 4.77. The van der Waals surface area contributed by atoms with Crippen LogP contribution < -0.4 is 10.2 Å². The topological polar surface area (TPSA) is 65.0 Å². The van der Waals surface area contributed by atoms with E-state index in [-0.39, 0.29) is 29.9 Å². The summed E-state index contributed by atoms with van der Waals surface area (Å²) in [5.41, 5.74) is 1.02. The number of nitrogens with one attached hydrogen (secondary N) is 1. The monoisotopic (exact) mass is 524 g/mol. The fourth-order valence-corrected chi connectivity index (χ4v) is 5.98. The Hall–Kier alpha value is -0.810. The molecule has 2 fully saturated rings. The third-order valence-corrected chi connectivity index (χ3v) is 7.54. The van der Waals surface area contributed by atoms with Gasteiger partial charge in [0.1, 0.15) is 0 Å². The molecule has 0 aliphatic carbocycles. The average Bonchev–Trinajstić information content (AvgIpc) is 3.25. The molecule has 2 saturated heterocycles. The molecule has 0 bridgehead atoms. The molecule has 9 heteroatoms. The standard InChI is InChI=1S/C18H28N4O2S2.HI/c1-15(2)12-19-18(20-13-16-5-11-26(23,24)14-16)22-8-6-21(7-9-22)17-4-3-10-25-17;/h3-4,10,16H,1,5-9,11-14H2,2H3,(H,19,20);1H. The van der Waals surface area contributed by atoms with Gasteiger partial charge in [-0.1, -0.05) is 12.2 Å². The second-order valence-corrected chi connectivity index (χ2v) is 10.3. The van der Waals surface area contributed by atoms with Gasteiger partial charge in [0.2, 0.25) is 0 Å². The first-order valence-corrected chi connectivity index (χ1v) is 11.8. The molecule has 2 aliphatic rings. The van der Waals surface area contributed by atoms with E-state index in [1.807, 2.05) is 6.92 Å². The quantitative estimate of drug-likeness (QED) is 0.278. The minimum Gasteiger partial charge on any atom is -0.360 e. The Morgan fingerprint density at radius 2 is 2.11 bits per heavy atom. The van der Waals surface area contributed by atoms with Crippen molar-refractivity contribution in [1.82, 2.24) is 10.2 Å². The number of halogens is 1.